The van der Waals surface area contributed by atoms with E-state index in [1.54, 1.807) is 16.4 Å². The average Bonchev–Trinajstić information content (AvgIpc) is 3.04. The Labute approximate surface area is 156 Å². The van der Waals surface area contributed by atoms with Crippen LogP contribution in [0.3, 0.4) is 0 Å². The Hall–Kier alpha value is -1.70. The van der Waals surface area contributed by atoms with E-state index >= 15 is 0 Å². The highest BCUT2D eigenvalue weighted by molar-refractivity contribution is 7.89. The Morgan fingerprint density at radius 3 is 2.65 bits per heavy atom. The second-order valence-electron chi connectivity index (χ2n) is 6.99. The molecule has 1 aromatic carbocycles. The third kappa shape index (κ3) is 4.52. The molecule has 2 aromatic rings. The van der Waals surface area contributed by atoms with Crippen molar-refractivity contribution in [1.29, 1.82) is 0 Å². The molecular weight excluding hydrogens is 348 g/mol. The van der Waals surface area contributed by atoms with Gasteiger partial charge in [0.1, 0.15) is 0 Å². The van der Waals surface area contributed by atoms with E-state index in [9.17, 15) is 8.42 Å². The lowest BCUT2D eigenvalue weighted by Gasteiger charge is -2.34. The maximum Gasteiger partial charge on any atom is 0.243 e. The van der Waals surface area contributed by atoms with Gasteiger partial charge in [0.05, 0.1) is 10.6 Å². The molecule has 7 heteroatoms. The summed E-state index contributed by atoms with van der Waals surface area (Å²) in [6.45, 7) is 6.85. The van der Waals surface area contributed by atoms with Crippen LogP contribution in [-0.4, -0.2) is 48.2 Å². The van der Waals surface area contributed by atoms with Gasteiger partial charge < -0.3 is 5.32 Å². The molecule has 0 saturated carbocycles. The summed E-state index contributed by atoms with van der Waals surface area (Å²) in [5.74, 6) is 0. The average molecular weight is 377 g/mol. The number of sulfonamides is 1. The molecule has 0 aliphatic carbocycles. The van der Waals surface area contributed by atoms with Gasteiger partial charge in [-0.2, -0.15) is 9.40 Å². The second kappa shape index (κ2) is 8.33. The Bertz CT molecular complexity index is 826. The van der Waals surface area contributed by atoms with Gasteiger partial charge in [-0.15, -0.1) is 0 Å². The van der Waals surface area contributed by atoms with Crippen LogP contribution < -0.4 is 5.32 Å². The number of piperidine rings is 1. The Morgan fingerprint density at radius 1 is 1.23 bits per heavy atom. The summed E-state index contributed by atoms with van der Waals surface area (Å²) in [7, 11) is -3.50. The number of rotatable bonds is 7. The Kier molecular flexibility index (Phi) is 6.11. The molecule has 1 fully saturated rings. The van der Waals surface area contributed by atoms with Gasteiger partial charge in [0.2, 0.25) is 10.0 Å². The fourth-order valence-corrected chi connectivity index (χ4v) is 5.31. The molecule has 26 heavy (non-hydrogen) atoms. The summed E-state index contributed by atoms with van der Waals surface area (Å²) >= 11 is 0. The summed E-state index contributed by atoms with van der Waals surface area (Å²) in [5, 5.41) is 7.71. The number of hydrogen-bond donors (Lipinski definition) is 1. The van der Waals surface area contributed by atoms with E-state index in [1.165, 1.54) is 0 Å². The number of hydrogen-bond acceptors (Lipinski definition) is 4. The van der Waals surface area contributed by atoms with Crippen LogP contribution in [0.4, 0.5) is 0 Å². The lowest BCUT2D eigenvalue weighted by molar-refractivity contribution is 0.255. The minimum atomic E-state index is -3.50. The number of nitrogens with one attached hydrogen (secondary N) is 1. The normalized spacial score (nSPS) is 16.3. The smallest absolute Gasteiger partial charge is 0.243 e. The van der Waals surface area contributed by atoms with Crippen LogP contribution in [-0.2, 0) is 16.6 Å². The topological polar surface area (TPSA) is 67.2 Å². The molecule has 3 rings (SSSR count). The van der Waals surface area contributed by atoms with Crippen LogP contribution in [0.1, 0.15) is 30.5 Å². The summed E-state index contributed by atoms with van der Waals surface area (Å²) in [6, 6.07) is 9.23. The molecule has 0 amide bonds. The van der Waals surface area contributed by atoms with E-state index in [4.69, 9.17) is 0 Å². The maximum atomic E-state index is 13.3. The van der Waals surface area contributed by atoms with Gasteiger partial charge in [-0.1, -0.05) is 12.1 Å². The van der Waals surface area contributed by atoms with E-state index in [1.807, 2.05) is 42.9 Å². The van der Waals surface area contributed by atoms with Crippen LogP contribution >= 0.6 is 0 Å². The van der Waals surface area contributed by atoms with Gasteiger partial charge in [0, 0.05) is 25.3 Å². The number of benzene rings is 1. The van der Waals surface area contributed by atoms with Gasteiger partial charge in [-0.3, -0.25) is 4.68 Å². The second-order valence-corrected chi connectivity index (χ2v) is 8.88. The highest BCUT2D eigenvalue weighted by Crippen LogP contribution is 2.23. The van der Waals surface area contributed by atoms with Crippen molar-refractivity contribution in [2.45, 2.75) is 50.6 Å². The van der Waals surface area contributed by atoms with Crippen LogP contribution in [0.2, 0.25) is 0 Å². The molecule has 0 unspecified atom stereocenters. The van der Waals surface area contributed by atoms with Crippen molar-refractivity contribution in [1.82, 2.24) is 19.4 Å². The SMILES string of the molecule is Cc1cccc(S(=O)(=O)N(CCCn2ccc(C)n2)C2CCNCC2)c1. The zero-order valence-corrected chi connectivity index (χ0v) is 16.4. The molecule has 1 aromatic heterocycles. The van der Waals surface area contributed by atoms with Gasteiger partial charge in [0.25, 0.3) is 0 Å². The maximum absolute atomic E-state index is 13.3. The molecule has 1 aliphatic rings. The first-order chi connectivity index (χ1) is 12.5. The number of aryl methyl sites for hydroxylation is 3. The minimum Gasteiger partial charge on any atom is -0.317 e. The predicted octanol–water partition coefficient (Wildman–Crippen LogP) is 2.33. The van der Waals surface area contributed by atoms with E-state index in [-0.39, 0.29) is 6.04 Å². The monoisotopic (exact) mass is 376 g/mol. The summed E-state index contributed by atoms with van der Waals surface area (Å²) in [6.07, 6.45) is 4.40. The Balaban J connectivity index is 1.78. The molecule has 2 heterocycles. The summed E-state index contributed by atoms with van der Waals surface area (Å²) < 4.78 is 30.2. The van der Waals surface area contributed by atoms with E-state index in [0.29, 0.717) is 11.4 Å². The molecule has 0 atom stereocenters. The van der Waals surface area contributed by atoms with Crippen molar-refractivity contribution in [3.05, 3.63) is 47.8 Å². The van der Waals surface area contributed by atoms with Crippen molar-refractivity contribution in [3.63, 3.8) is 0 Å². The molecule has 0 bridgehead atoms. The van der Waals surface area contributed by atoms with Crippen molar-refractivity contribution < 1.29 is 8.42 Å². The van der Waals surface area contributed by atoms with Gasteiger partial charge in [-0.05, 0) is 70.0 Å². The standard InChI is InChI=1S/C19H28N4O2S/c1-16-5-3-6-19(15-16)26(24,25)23(18-7-10-20-11-8-18)13-4-12-22-14-9-17(2)21-22/h3,5-6,9,14-15,18,20H,4,7-8,10-13H2,1-2H3. The Morgan fingerprint density at radius 2 is 2.00 bits per heavy atom. The molecule has 1 N–H and O–H groups in total. The van der Waals surface area contributed by atoms with Crippen LogP contribution in [0.25, 0.3) is 0 Å². The van der Waals surface area contributed by atoms with Crippen molar-refractivity contribution in [2.24, 2.45) is 0 Å². The zero-order valence-electron chi connectivity index (χ0n) is 15.6. The molecule has 142 valence electrons. The van der Waals surface area contributed by atoms with Gasteiger partial charge in [-0.25, -0.2) is 8.42 Å². The van der Waals surface area contributed by atoms with Crippen molar-refractivity contribution >= 4 is 10.0 Å². The lowest BCUT2D eigenvalue weighted by atomic mass is 10.1. The fourth-order valence-electron chi connectivity index (χ4n) is 3.48. The lowest BCUT2D eigenvalue weighted by Crippen LogP contribution is -2.46. The molecule has 6 nitrogen and oxygen atoms in total. The predicted molar refractivity (Wildman–Crippen MR) is 103 cm³/mol. The van der Waals surface area contributed by atoms with E-state index in [2.05, 4.69) is 10.4 Å². The van der Waals surface area contributed by atoms with Gasteiger partial charge >= 0.3 is 0 Å². The van der Waals surface area contributed by atoms with E-state index < -0.39 is 10.0 Å². The quantitative estimate of drug-likeness (QED) is 0.805. The largest absolute Gasteiger partial charge is 0.317 e. The van der Waals surface area contributed by atoms with Crippen molar-refractivity contribution in [3.8, 4) is 0 Å². The first kappa shape index (κ1) is 19.1. The fraction of sp³-hybridized carbons (Fsp3) is 0.526. The van der Waals surface area contributed by atoms with Gasteiger partial charge in [0.15, 0.2) is 0 Å². The molecule has 1 aliphatic heterocycles. The first-order valence-corrected chi connectivity index (χ1v) is 10.7. The number of nitrogens with zero attached hydrogens (tertiary/aromatic N) is 3. The van der Waals surface area contributed by atoms with Crippen molar-refractivity contribution in [2.75, 3.05) is 19.6 Å². The summed E-state index contributed by atoms with van der Waals surface area (Å²) in [4.78, 5) is 0.394. The van der Waals surface area contributed by atoms with E-state index in [0.717, 1.165) is 50.2 Å². The molecular formula is C19H28N4O2S. The van der Waals surface area contributed by atoms with Crippen LogP contribution in [0, 0.1) is 13.8 Å². The molecule has 1 saturated heterocycles. The summed E-state index contributed by atoms with van der Waals surface area (Å²) in [5.41, 5.74) is 1.94. The zero-order chi connectivity index (χ0) is 18.6. The molecule has 0 radical (unpaired) electrons. The minimum absolute atomic E-state index is 0.0566. The highest BCUT2D eigenvalue weighted by atomic mass is 32.2. The first-order valence-electron chi connectivity index (χ1n) is 9.26. The molecule has 0 spiro atoms. The third-order valence-corrected chi connectivity index (χ3v) is 6.80. The third-order valence-electron chi connectivity index (χ3n) is 4.85. The number of aromatic nitrogens is 2. The highest BCUT2D eigenvalue weighted by Gasteiger charge is 2.32. The van der Waals surface area contributed by atoms with Crippen LogP contribution in [0.5, 0.6) is 0 Å². The van der Waals surface area contributed by atoms with Crippen LogP contribution in [0.15, 0.2) is 41.4 Å².